The highest BCUT2D eigenvalue weighted by molar-refractivity contribution is 7.89. The second-order valence-corrected chi connectivity index (χ2v) is 11.4. The number of nitrogens with one attached hydrogen (secondary N) is 1. The topological polar surface area (TPSA) is 130 Å². The first-order chi connectivity index (χ1) is 19.2. The highest BCUT2D eigenvalue weighted by Gasteiger charge is 2.27. The first kappa shape index (κ1) is 27.3. The second-order valence-electron chi connectivity index (χ2n) is 9.44. The Morgan fingerprint density at radius 3 is 2.42 bits per heavy atom. The van der Waals surface area contributed by atoms with Crippen molar-refractivity contribution in [3.63, 3.8) is 0 Å². The number of amides is 1. The van der Waals surface area contributed by atoms with E-state index in [0.717, 1.165) is 11.1 Å². The summed E-state index contributed by atoms with van der Waals surface area (Å²) in [4.78, 5) is 26.2. The lowest BCUT2D eigenvalue weighted by Gasteiger charge is -2.26. The number of hydrazone groups is 1. The van der Waals surface area contributed by atoms with Gasteiger partial charge in [-0.3, -0.25) is 9.59 Å². The van der Waals surface area contributed by atoms with Crippen molar-refractivity contribution in [2.75, 3.05) is 26.3 Å². The fraction of sp³-hybridized carbons (Fsp3) is 0.207. The van der Waals surface area contributed by atoms with Gasteiger partial charge in [0, 0.05) is 29.4 Å². The summed E-state index contributed by atoms with van der Waals surface area (Å²) in [6.45, 7) is 4.98. The smallest absolute Gasteiger partial charge is 0.271 e. The van der Waals surface area contributed by atoms with Crippen LogP contribution >= 0.6 is 0 Å². The number of morpholine rings is 1. The van der Waals surface area contributed by atoms with Crippen LogP contribution in [0.4, 0.5) is 0 Å². The Labute approximate surface area is 231 Å². The first-order valence-electron chi connectivity index (χ1n) is 12.6. The number of pyridine rings is 1. The summed E-state index contributed by atoms with van der Waals surface area (Å²) in [5.41, 5.74) is 4.82. The summed E-state index contributed by atoms with van der Waals surface area (Å²) in [6.07, 6.45) is 1.26. The van der Waals surface area contributed by atoms with E-state index >= 15 is 0 Å². The van der Waals surface area contributed by atoms with Gasteiger partial charge >= 0.3 is 0 Å². The molecule has 0 unspecified atom stereocenters. The number of hydrogen-bond donors (Lipinski definition) is 2. The molecule has 10 nitrogen and oxygen atoms in total. The number of aromatic nitrogens is 1. The average molecular weight is 561 g/mol. The molecule has 1 aliphatic rings. The van der Waals surface area contributed by atoms with Gasteiger partial charge in [0.25, 0.3) is 11.5 Å². The number of sulfonamides is 1. The molecule has 0 spiro atoms. The van der Waals surface area contributed by atoms with Crippen LogP contribution in [0.15, 0.2) is 81.5 Å². The lowest BCUT2D eigenvalue weighted by Crippen LogP contribution is -2.40. The Balaban J connectivity index is 1.46. The van der Waals surface area contributed by atoms with E-state index in [0.29, 0.717) is 29.7 Å². The van der Waals surface area contributed by atoms with Crippen molar-refractivity contribution >= 4 is 32.9 Å². The van der Waals surface area contributed by atoms with Gasteiger partial charge in [0.05, 0.1) is 35.6 Å². The molecule has 2 N–H and O–H groups in total. The third kappa shape index (κ3) is 5.14. The molecule has 2 heterocycles. The van der Waals surface area contributed by atoms with Gasteiger partial charge in [0.1, 0.15) is 0 Å². The van der Waals surface area contributed by atoms with Gasteiger partial charge in [-0.2, -0.15) is 9.41 Å². The van der Waals surface area contributed by atoms with Crippen molar-refractivity contribution in [1.82, 2.24) is 14.3 Å². The van der Waals surface area contributed by atoms with E-state index in [-0.39, 0.29) is 35.0 Å². The van der Waals surface area contributed by atoms with Crippen LogP contribution in [-0.2, 0) is 14.8 Å². The van der Waals surface area contributed by atoms with Gasteiger partial charge in [-0.15, -0.1) is 0 Å². The standard InChI is InChI=1S/C29H28N4O6S/c1-19-10-11-22(16-20(19)2)33-28(35)25-9-4-3-8-24(25)26(29(33)36)18-30-31-27(34)21-6-5-7-23(17-21)40(37,38)32-12-14-39-15-13-32/h3-11,16-18,36H,12-15H2,1-2H3,(H,31,34). The highest BCUT2D eigenvalue weighted by atomic mass is 32.2. The predicted octanol–water partition coefficient (Wildman–Crippen LogP) is 3.10. The molecular formula is C29H28N4O6S. The van der Waals surface area contributed by atoms with Crippen LogP contribution in [0.3, 0.4) is 0 Å². The monoisotopic (exact) mass is 560 g/mol. The molecule has 11 heteroatoms. The van der Waals surface area contributed by atoms with Crippen molar-refractivity contribution in [2.45, 2.75) is 18.7 Å². The minimum Gasteiger partial charge on any atom is -0.494 e. The van der Waals surface area contributed by atoms with E-state index in [1.54, 1.807) is 30.3 Å². The lowest BCUT2D eigenvalue weighted by molar-refractivity contribution is 0.0730. The van der Waals surface area contributed by atoms with Gasteiger partial charge in [-0.05, 0) is 61.4 Å². The molecule has 0 bridgehead atoms. The fourth-order valence-corrected chi connectivity index (χ4v) is 6.00. The molecule has 1 amide bonds. The predicted molar refractivity (Wildman–Crippen MR) is 152 cm³/mol. The number of aryl methyl sites for hydroxylation is 2. The molecule has 40 heavy (non-hydrogen) atoms. The molecule has 1 aliphatic heterocycles. The van der Waals surface area contributed by atoms with Gasteiger partial charge in [-0.25, -0.2) is 18.4 Å². The van der Waals surface area contributed by atoms with Crippen molar-refractivity contribution in [3.05, 3.63) is 99.3 Å². The molecule has 0 radical (unpaired) electrons. The maximum atomic E-state index is 13.3. The number of hydrogen-bond acceptors (Lipinski definition) is 7. The first-order valence-corrected chi connectivity index (χ1v) is 14.1. The zero-order valence-electron chi connectivity index (χ0n) is 22.0. The highest BCUT2D eigenvalue weighted by Crippen LogP contribution is 2.26. The minimum atomic E-state index is -3.78. The number of rotatable bonds is 6. The van der Waals surface area contributed by atoms with Crippen LogP contribution < -0.4 is 11.0 Å². The normalized spacial score (nSPS) is 14.6. The lowest BCUT2D eigenvalue weighted by atomic mass is 10.1. The van der Waals surface area contributed by atoms with Gasteiger partial charge in [-0.1, -0.05) is 30.3 Å². The molecular weight excluding hydrogens is 532 g/mol. The molecule has 0 saturated carbocycles. The average Bonchev–Trinajstić information content (AvgIpc) is 2.97. The molecule has 1 saturated heterocycles. The molecule has 0 aliphatic carbocycles. The van der Waals surface area contributed by atoms with E-state index in [1.807, 2.05) is 26.0 Å². The quantitative estimate of drug-likeness (QED) is 0.275. The minimum absolute atomic E-state index is 0.00450. The molecule has 4 aromatic rings. The third-order valence-corrected chi connectivity index (χ3v) is 8.81. The van der Waals surface area contributed by atoms with E-state index in [4.69, 9.17) is 4.74 Å². The zero-order chi connectivity index (χ0) is 28.4. The summed E-state index contributed by atoms with van der Waals surface area (Å²) < 4.78 is 33.7. The number of fused-ring (bicyclic) bond motifs is 1. The van der Waals surface area contributed by atoms with E-state index in [2.05, 4.69) is 10.5 Å². The second kappa shape index (κ2) is 11.0. The molecule has 0 atom stereocenters. The maximum Gasteiger partial charge on any atom is 0.271 e. The Morgan fingerprint density at radius 1 is 0.975 bits per heavy atom. The van der Waals surface area contributed by atoms with Crippen molar-refractivity contribution in [3.8, 4) is 11.6 Å². The van der Waals surface area contributed by atoms with Crippen LogP contribution in [0, 0.1) is 13.8 Å². The summed E-state index contributed by atoms with van der Waals surface area (Å²) >= 11 is 0. The van der Waals surface area contributed by atoms with E-state index in [1.165, 1.54) is 39.4 Å². The van der Waals surface area contributed by atoms with Gasteiger partial charge in [0.2, 0.25) is 15.9 Å². The van der Waals surface area contributed by atoms with E-state index in [9.17, 15) is 23.1 Å². The van der Waals surface area contributed by atoms with Crippen molar-refractivity contribution < 1.29 is 23.1 Å². The summed E-state index contributed by atoms with van der Waals surface area (Å²) in [6, 6.07) is 17.9. The summed E-state index contributed by atoms with van der Waals surface area (Å²) in [5, 5.41) is 16.1. The van der Waals surface area contributed by atoms with Gasteiger partial charge < -0.3 is 9.84 Å². The SMILES string of the molecule is Cc1ccc(-n2c(O)c(C=NNC(=O)c3cccc(S(=O)(=O)N4CCOCC4)c3)c3ccccc3c2=O)cc1C. The molecule has 3 aromatic carbocycles. The third-order valence-electron chi connectivity index (χ3n) is 6.92. The molecule has 1 aromatic heterocycles. The number of benzene rings is 3. The van der Waals surface area contributed by atoms with Crippen LogP contribution in [0.25, 0.3) is 16.5 Å². The zero-order valence-corrected chi connectivity index (χ0v) is 22.8. The van der Waals surface area contributed by atoms with Crippen LogP contribution in [-0.4, -0.2) is 60.8 Å². The maximum absolute atomic E-state index is 13.3. The molecule has 1 fully saturated rings. The van der Waals surface area contributed by atoms with Crippen LogP contribution in [0.1, 0.15) is 27.0 Å². The number of carbonyl (C=O) groups excluding carboxylic acids is 1. The molecule has 206 valence electrons. The Hall–Kier alpha value is -4.32. The largest absolute Gasteiger partial charge is 0.494 e. The fourth-order valence-electron chi connectivity index (χ4n) is 4.55. The number of aromatic hydroxyl groups is 1. The van der Waals surface area contributed by atoms with Crippen molar-refractivity contribution in [1.29, 1.82) is 0 Å². The number of carbonyl (C=O) groups is 1. The Morgan fingerprint density at radius 2 is 1.70 bits per heavy atom. The van der Waals surface area contributed by atoms with Gasteiger partial charge in [0.15, 0.2) is 0 Å². The molecule has 5 rings (SSSR count). The number of ether oxygens (including phenoxy) is 1. The van der Waals surface area contributed by atoms with Crippen LogP contribution in [0.2, 0.25) is 0 Å². The summed E-state index contributed by atoms with van der Waals surface area (Å²) in [7, 11) is -3.78. The van der Waals surface area contributed by atoms with Crippen LogP contribution in [0.5, 0.6) is 5.88 Å². The Bertz CT molecular complexity index is 1810. The number of nitrogens with zero attached hydrogens (tertiary/aromatic N) is 3. The Kier molecular flexibility index (Phi) is 7.53. The van der Waals surface area contributed by atoms with Crippen molar-refractivity contribution in [2.24, 2.45) is 5.10 Å². The summed E-state index contributed by atoms with van der Waals surface area (Å²) in [5.74, 6) is -0.967. The van der Waals surface area contributed by atoms with E-state index < -0.39 is 21.5 Å².